The van der Waals surface area contributed by atoms with Crippen molar-refractivity contribution in [2.24, 2.45) is 5.92 Å². The minimum Gasteiger partial charge on any atom is -0.338 e. The minimum absolute atomic E-state index is 0.00147. The highest BCUT2D eigenvalue weighted by Gasteiger charge is 2.20. The number of carbonyl (C=O) groups excluding carboxylic acids is 1. The molecule has 2 fully saturated rings. The van der Waals surface area contributed by atoms with Gasteiger partial charge in [-0.25, -0.2) is 4.79 Å². The highest BCUT2D eigenvalue weighted by atomic mass is 16.2. The van der Waals surface area contributed by atoms with Crippen LogP contribution in [0.4, 0.5) is 4.79 Å². The van der Waals surface area contributed by atoms with Gasteiger partial charge in [-0.2, -0.15) is 0 Å². The van der Waals surface area contributed by atoms with Crippen LogP contribution in [0, 0.1) is 5.92 Å². The molecule has 2 heterocycles. The maximum Gasteiger partial charge on any atom is 0.314 e. The van der Waals surface area contributed by atoms with Gasteiger partial charge in [0, 0.05) is 32.2 Å². The molecule has 0 aliphatic carbocycles. The minimum atomic E-state index is -0.00147. The zero-order valence-electron chi connectivity index (χ0n) is 17.5. The van der Waals surface area contributed by atoms with Gasteiger partial charge >= 0.3 is 6.03 Å². The number of carbonyl (C=O) groups is 1. The summed E-state index contributed by atoms with van der Waals surface area (Å²) in [6, 6.07) is 11.4. The van der Waals surface area contributed by atoms with Crippen LogP contribution in [0.15, 0.2) is 30.3 Å². The van der Waals surface area contributed by atoms with Gasteiger partial charge in [0.25, 0.3) is 0 Å². The van der Waals surface area contributed by atoms with Crippen LogP contribution < -0.4 is 10.6 Å². The third kappa shape index (κ3) is 7.10. The topological polar surface area (TPSA) is 47.6 Å². The molecular formula is C23H38N4O. The van der Waals surface area contributed by atoms with Gasteiger partial charge in [0.05, 0.1) is 0 Å². The second-order valence-corrected chi connectivity index (χ2v) is 8.58. The number of nitrogens with one attached hydrogen (secondary N) is 2. The van der Waals surface area contributed by atoms with Gasteiger partial charge in [0.2, 0.25) is 0 Å². The second-order valence-electron chi connectivity index (χ2n) is 8.58. The van der Waals surface area contributed by atoms with Crippen molar-refractivity contribution >= 4 is 6.03 Å². The SMILES string of the molecule is CC1CCCCN1CCCNC(=O)NCC1CCN(Cc2ccccc2)CC1. The average Bonchev–Trinajstić information content (AvgIpc) is 2.73. The van der Waals surface area contributed by atoms with E-state index in [1.807, 2.05) is 0 Å². The molecule has 0 bridgehead atoms. The Kier molecular flexibility index (Phi) is 8.62. The number of hydrogen-bond acceptors (Lipinski definition) is 3. The first-order valence-corrected chi connectivity index (χ1v) is 11.2. The number of rotatable bonds is 8. The van der Waals surface area contributed by atoms with E-state index in [1.54, 1.807) is 0 Å². The Morgan fingerprint density at radius 2 is 1.82 bits per heavy atom. The van der Waals surface area contributed by atoms with Gasteiger partial charge in [0.1, 0.15) is 0 Å². The molecule has 3 rings (SSSR count). The first-order chi connectivity index (χ1) is 13.7. The molecule has 2 aliphatic rings. The fourth-order valence-electron chi connectivity index (χ4n) is 4.46. The monoisotopic (exact) mass is 386 g/mol. The zero-order valence-corrected chi connectivity index (χ0v) is 17.5. The molecule has 0 radical (unpaired) electrons. The molecule has 28 heavy (non-hydrogen) atoms. The first kappa shape index (κ1) is 21.1. The molecule has 0 spiro atoms. The van der Waals surface area contributed by atoms with Crippen molar-refractivity contribution in [3.8, 4) is 0 Å². The molecule has 0 aromatic heterocycles. The van der Waals surface area contributed by atoms with Gasteiger partial charge in [0.15, 0.2) is 0 Å². The van der Waals surface area contributed by atoms with Gasteiger partial charge < -0.3 is 15.5 Å². The molecule has 2 amide bonds. The maximum absolute atomic E-state index is 12.1. The predicted molar refractivity (Wildman–Crippen MR) is 115 cm³/mol. The third-order valence-corrected chi connectivity index (χ3v) is 6.36. The van der Waals surface area contributed by atoms with Crippen LogP contribution in [0.3, 0.4) is 0 Å². The number of piperidine rings is 2. The molecule has 0 saturated carbocycles. The molecular weight excluding hydrogens is 348 g/mol. The highest BCUT2D eigenvalue weighted by molar-refractivity contribution is 5.73. The number of urea groups is 1. The number of amides is 2. The van der Waals surface area contributed by atoms with E-state index in [4.69, 9.17) is 0 Å². The van der Waals surface area contributed by atoms with E-state index in [1.165, 1.54) is 44.2 Å². The molecule has 5 heteroatoms. The Hall–Kier alpha value is -1.59. The van der Waals surface area contributed by atoms with Crippen molar-refractivity contribution < 1.29 is 4.79 Å². The van der Waals surface area contributed by atoms with Crippen LogP contribution >= 0.6 is 0 Å². The lowest BCUT2D eigenvalue weighted by Crippen LogP contribution is -2.43. The van der Waals surface area contributed by atoms with Gasteiger partial charge in [-0.15, -0.1) is 0 Å². The van der Waals surface area contributed by atoms with Crippen molar-refractivity contribution in [1.29, 1.82) is 0 Å². The Balaban J connectivity index is 1.22. The number of hydrogen-bond donors (Lipinski definition) is 2. The standard InChI is InChI=1S/C23H38N4O/c1-20-8-5-6-14-27(20)15-7-13-24-23(28)25-18-21-11-16-26(17-12-21)19-22-9-3-2-4-10-22/h2-4,9-10,20-21H,5-8,11-19H2,1H3,(H2,24,25,28). The van der Waals surface area contributed by atoms with Crippen LogP contribution in [-0.4, -0.2) is 61.1 Å². The molecule has 2 N–H and O–H groups in total. The fraction of sp³-hybridized carbons (Fsp3) is 0.696. The molecule has 156 valence electrons. The molecule has 2 saturated heterocycles. The lowest BCUT2D eigenvalue weighted by atomic mass is 9.96. The number of nitrogens with zero attached hydrogens (tertiary/aromatic N) is 2. The fourth-order valence-corrected chi connectivity index (χ4v) is 4.46. The molecule has 1 unspecified atom stereocenters. The van der Waals surface area contributed by atoms with Crippen molar-refractivity contribution in [2.75, 3.05) is 39.3 Å². The largest absolute Gasteiger partial charge is 0.338 e. The van der Waals surface area contributed by atoms with Gasteiger partial charge in [-0.05, 0) is 70.1 Å². The van der Waals surface area contributed by atoms with Crippen molar-refractivity contribution in [1.82, 2.24) is 20.4 Å². The van der Waals surface area contributed by atoms with Crippen LogP contribution in [0.1, 0.15) is 51.0 Å². The summed E-state index contributed by atoms with van der Waals surface area (Å²) in [6.45, 7) is 9.49. The Morgan fingerprint density at radius 3 is 2.57 bits per heavy atom. The summed E-state index contributed by atoms with van der Waals surface area (Å²) in [7, 11) is 0. The molecule has 5 nitrogen and oxygen atoms in total. The third-order valence-electron chi connectivity index (χ3n) is 6.36. The van der Waals surface area contributed by atoms with Gasteiger partial charge in [-0.3, -0.25) is 4.90 Å². The summed E-state index contributed by atoms with van der Waals surface area (Å²) in [6.07, 6.45) is 7.37. The highest BCUT2D eigenvalue weighted by Crippen LogP contribution is 2.18. The average molecular weight is 387 g/mol. The first-order valence-electron chi connectivity index (χ1n) is 11.2. The summed E-state index contributed by atoms with van der Waals surface area (Å²) >= 11 is 0. The Labute approximate surface area is 170 Å². The van der Waals surface area contributed by atoms with Gasteiger partial charge in [-0.1, -0.05) is 36.8 Å². The predicted octanol–water partition coefficient (Wildman–Crippen LogP) is 3.46. The van der Waals surface area contributed by atoms with Crippen LogP contribution in [0.5, 0.6) is 0 Å². The van der Waals surface area contributed by atoms with E-state index in [0.717, 1.165) is 45.7 Å². The Morgan fingerprint density at radius 1 is 1.04 bits per heavy atom. The van der Waals surface area contributed by atoms with E-state index < -0.39 is 0 Å². The number of benzene rings is 1. The molecule has 1 atom stereocenters. The van der Waals surface area contributed by atoms with Crippen LogP contribution in [-0.2, 0) is 6.54 Å². The Bertz CT molecular complexity index is 571. The van der Waals surface area contributed by atoms with E-state index in [2.05, 4.69) is 57.7 Å². The quantitative estimate of drug-likeness (QED) is 0.673. The molecule has 1 aromatic carbocycles. The van der Waals surface area contributed by atoms with Crippen LogP contribution in [0.2, 0.25) is 0 Å². The zero-order chi connectivity index (χ0) is 19.6. The number of likely N-dealkylation sites (tertiary alicyclic amines) is 2. The van der Waals surface area contributed by atoms with Crippen LogP contribution in [0.25, 0.3) is 0 Å². The summed E-state index contributed by atoms with van der Waals surface area (Å²) in [5, 5.41) is 6.11. The second kappa shape index (κ2) is 11.4. The molecule has 2 aliphatic heterocycles. The van der Waals surface area contributed by atoms with E-state index >= 15 is 0 Å². The maximum atomic E-state index is 12.1. The summed E-state index contributed by atoms with van der Waals surface area (Å²) in [5.41, 5.74) is 1.39. The van der Waals surface area contributed by atoms with Crippen molar-refractivity contribution in [2.45, 2.75) is 58.0 Å². The molecule has 1 aromatic rings. The van der Waals surface area contributed by atoms with E-state index in [9.17, 15) is 4.79 Å². The lowest BCUT2D eigenvalue weighted by Gasteiger charge is -2.33. The van der Waals surface area contributed by atoms with E-state index in [-0.39, 0.29) is 6.03 Å². The van der Waals surface area contributed by atoms with Crippen molar-refractivity contribution in [3.63, 3.8) is 0 Å². The summed E-state index contributed by atoms with van der Waals surface area (Å²) in [4.78, 5) is 17.1. The smallest absolute Gasteiger partial charge is 0.314 e. The van der Waals surface area contributed by atoms with E-state index in [0.29, 0.717) is 12.0 Å². The van der Waals surface area contributed by atoms with Crippen molar-refractivity contribution in [3.05, 3.63) is 35.9 Å². The summed E-state index contributed by atoms with van der Waals surface area (Å²) < 4.78 is 0. The lowest BCUT2D eigenvalue weighted by molar-refractivity contribution is 0.158. The summed E-state index contributed by atoms with van der Waals surface area (Å²) in [5.74, 6) is 0.604. The normalized spacial score (nSPS) is 22.1.